The number of halogens is 1. The van der Waals surface area contributed by atoms with Crippen molar-refractivity contribution in [3.63, 3.8) is 0 Å². The fourth-order valence-electron chi connectivity index (χ4n) is 1.84. The van der Waals surface area contributed by atoms with Crippen LogP contribution in [-0.4, -0.2) is 23.7 Å². The molecular weight excluding hydrogens is 286 g/mol. The van der Waals surface area contributed by atoms with Gasteiger partial charge in [0.25, 0.3) is 5.91 Å². The van der Waals surface area contributed by atoms with Gasteiger partial charge in [-0.15, -0.1) is 0 Å². The van der Waals surface area contributed by atoms with Crippen LogP contribution in [0, 0.1) is 5.92 Å². The Balaban J connectivity index is 2.10. The second kappa shape index (κ2) is 5.06. The molecule has 2 rings (SSSR count). The average molecular weight is 300 g/mol. The largest absolute Gasteiger partial charge is 0.506 e. The van der Waals surface area contributed by atoms with E-state index in [9.17, 15) is 9.90 Å². The average Bonchev–Trinajstić information content (AvgIpc) is 2.70. The SMILES string of the molecule is C[C@@H]1CCO[C@H]1C(=O)Nc1cc(Br)ccc1O. The maximum Gasteiger partial charge on any atom is 0.253 e. The zero-order chi connectivity index (χ0) is 12.4. The highest BCUT2D eigenvalue weighted by Crippen LogP contribution is 2.28. The van der Waals surface area contributed by atoms with Gasteiger partial charge in [-0.25, -0.2) is 0 Å². The summed E-state index contributed by atoms with van der Waals surface area (Å²) in [5.74, 6) is 0.0555. The Bertz CT molecular complexity index is 436. The molecule has 1 aromatic rings. The van der Waals surface area contributed by atoms with Gasteiger partial charge in [0.2, 0.25) is 0 Å². The molecule has 0 unspecified atom stereocenters. The Kier molecular flexibility index (Phi) is 3.69. The minimum atomic E-state index is -0.423. The number of anilines is 1. The lowest BCUT2D eigenvalue weighted by Crippen LogP contribution is -2.31. The first-order chi connectivity index (χ1) is 8.08. The molecule has 0 aliphatic carbocycles. The second-order valence-electron chi connectivity index (χ2n) is 4.21. The predicted octanol–water partition coefficient (Wildman–Crippen LogP) is 2.52. The van der Waals surface area contributed by atoms with Crippen LogP contribution in [0.1, 0.15) is 13.3 Å². The Hall–Kier alpha value is -1.07. The summed E-state index contributed by atoms with van der Waals surface area (Å²) < 4.78 is 6.16. The van der Waals surface area contributed by atoms with Crippen molar-refractivity contribution < 1.29 is 14.6 Å². The summed E-state index contributed by atoms with van der Waals surface area (Å²) in [6, 6.07) is 4.89. The summed E-state index contributed by atoms with van der Waals surface area (Å²) in [5.41, 5.74) is 0.395. The Morgan fingerprint density at radius 2 is 2.35 bits per heavy atom. The molecule has 0 radical (unpaired) electrons. The number of ether oxygens (including phenoxy) is 1. The maximum atomic E-state index is 11.9. The van der Waals surface area contributed by atoms with E-state index in [4.69, 9.17) is 4.74 Å². The van der Waals surface area contributed by atoms with E-state index >= 15 is 0 Å². The lowest BCUT2D eigenvalue weighted by Gasteiger charge is -2.15. The summed E-state index contributed by atoms with van der Waals surface area (Å²) in [5, 5.41) is 12.3. The van der Waals surface area contributed by atoms with E-state index in [1.165, 1.54) is 6.07 Å². The van der Waals surface area contributed by atoms with Gasteiger partial charge in [-0.2, -0.15) is 0 Å². The number of nitrogens with one attached hydrogen (secondary N) is 1. The molecule has 1 fully saturated rings. The Morgan fingerprint density at radius 3 is 3.00 bits per heavy atom. The molecule has 2 N–H and O–H groups in total. The van der Waals surface area contributed by atoms with Gasteiger partial charge in [-0.1, -0.05) is 22.9 Å². The molecule has 92 valence electrons. The van der Waals surface area contributed by atoms with Crippen molar-refractivity contribution in [3.05, 3.63) is 22.7 Å². The molecule has 1 aliphatic rings. The second-order valence-corrected chi connectivity index (χ2v) is 5.12. The normalized spacial score (nSPS) is 23.6. The zero-order valence-electron chi connectivity index (χ0n) is 9.44. The first kappa shape index (κ1) is 12.4. The molecule has 0 spiro atoms. The first-order valence-electron chi connectivity index (χ1n) is 5.49. The fourth-order valence-corrected chi connectivity index (χ4v) is 2.20. The van der Waals surface area contributed by atoms with E-state index in [2.05, 4.69) is 21.2 Å². The molecule has 1 heterocycles. The third-order valence-corrected chi connectivity index (χ3v) is 3.36. The van der Waals surface area contributed by atoms with Crippen LogP contribution in [0.5, 0.6) is 5.75 Å². The first-order valence-corrected chi connectivity index (χ1v) is 6.28. The van der Waals surface area contributed by atoms with Gasteiger partial charge in [0, 0.05) is 11.1 Å². The van der Waals surface area contributed by atoms with Gasteiger partial charge in [-0.05, 0) is 30.5 Å². The molecule has 0 bridgehead atoms. The van der Waals surface area contributed by atoms with Gasteiger partial charge in [0.05, 0.1) is 5.69 Å². The van der Waals surface area contributed by atoms with Crippen LogP contribution >= 0.6 is 15.9 Å². The monoisotopic (exact) mass is 299 g/mol. The molecule has 4 nitrogen and oxygen atoms in total. The van der Waals surface area contributed by atoms with Crippen molar-refractivity contribution in [3.8, 4) is 5.75 Å². The topological polar surface area (TPSA) is 58.6 Å². The van der Waals surface area contributed by atoms with Crippen molar-refractivity contribution in [2.75, 3.05) is 11.9 Å². The quantitative estimate of drug-likeness (QED) is 0.825. The van der Waals surface area contributed by atoms with Gasteiger partial charge in [-0.3, -0.25) is 4.79 Å². The van der Waals surface area contributed by atoms with Crippen molar-refractivity contribution in [1.29, 1.82) is 0 Å². The standard InChI is InChI=1S/C12H14BrNO3/c1-7-4-5-17-11(7)12(16)14-9-6-8(13)2-3-10(9)15/h2-3,6-7,11,15H,4-5H2,1H3,(H,14,16)/t7-,11-/m1/s1. The van der Waals surface area contributed by atoms with Crippen LogP contribution in [0.2, 0.25) is 0 Å². The van der Waals surface area contributed by atoms with E-state index in [0.717, 1.165) is 10.9 Å². The Labute approximate surface area is 108 Å². The van der Waals surface area contributed by atoms with Crippen LogP contribution in [-0.2, 0) is 9.53 Å². The smallest absolute Gasteiger partial charge is 0.253 e. The number of carbonyl (C=O) groups is 1. The molecule has 0 aromatic heterocycles. The number of rotatable bonds is 2. The van der Waals surface area contributed by atoms with Crippen molar-refractivity contribution in [2.45, 2.75) is 19.4 Å². The molecule has 2 atom stereocenters. The molecule has 1 aromatic carbocycles. The number of amides is 1. The highest BCUT2D eigenvalue weighted by molar-refractivity contribution is 9.10. The highest BCUT2D eigenvalue weighted by atomic mass is 79.9. The molecule has 17 heavy (non-hydrogen) atoms. The van der Waals surface area contributed by atoms with Crippen molar-refractivity contribution in [1.82, 2.24) is 0 Å². The summed E-state index contributed by atoms with van der Waals surface area (Å²) in [6.45, 7) is 2.60. The Morgan fingerprint density at radius 1 is 1.59 bits per heavy atom. The number of hydrogen-bond donors (Lipinski definition) is 2. The number of carbonyl (C=O) groups excluding carboxylic acids is 1. The minimum Gasteiger partial charge on any atom is -0.506 e. The van der Waals surface area contributed by atoms with Gasteiger partial charge in [0.1, 0.15) is 11.9 Å². The minimum absolute atomic E-state index is 0.0483. The highest BCUT2D eigenvalue weighted by Gasteiger charge is 2.31. The number of benzene rings is 1. The van der Waals surface area contributed by atoms with Crippen LogP contribution < -0.4 is 5.32 Å². The third kappa shape index (κ3) is 2.79. The fraction of sp³-hybridized carbons (Fsp3) is 0.417. The predicted molar refractivity (Wildman–Crippen MR) is 68.0 cm³/mol. The molecule has 1 saturated heterocycles. The molecule has 1 amide bonds. The van der Waals surface area contributed by atoms with E-state index < -0.39 is 6.10 Å². The van der Waals surface area contributed by atoms with Gasteiger partial charge >= 0.3 is 0 Å². The summed E-state index contributed by atoms with van der Waals surface area (Å²) in [4.78, 5) is 11.9. The summed E-state index contributed by atoms with van der Waals surface area (Å²) in [7, 11) is 0. The van der Waals surface area contributed by atoms with E-state index in [1.54, 1.807) is 12.1 Å². The molecule has 0 saturated carbocycles. The van der Waals surface area contributed by atoms with Crippen LogP contribution in [0.3, 0.4) is 0 Å². The van der Waals surface area contributed by atoms with Gasteiger partial charge in [0.15, 0.2) is 0 Å². The molecule has 5 heteroatoms. The van der Waals surface area contributed by atoms with Crippen LogP contribution in [0.4, 0.5) is 5.69 Å². The number of aromatic hydroxyl groups is 1. The van der Waals surface area contributed by atoms with Crippen LogP contribution in [0.15, 0.2) is 22.7 Å². The number of phenolic OH excluding ortho intramolecular Hbond substituents is 1. The van der Waals surface area contributed by atoms with Crippen molar-refractivity contribution >= 4 is 27.5 Å². The lowest BCUT2D eigenvalue weighted by atomic mass is 10.0. The summed E-state index contributed by atoms with van der Waals surface area (Å²) in [6.07, 6.45) is 0.469. The molecule has 1 aliphatic heterocycles. The maximum absolute atomic E-state index is 11.9. The lowest BCUT2D eigenvalue weighted by molar-refractivity contribution is -0.126. The molecular formula is C12H14BrNO3. The number of hydrogen-bond acceptors (Lipinski definition) is 3. The van der Waals surface area contributed by atoms with Crippen LogP contribution in [0.25, 0.3) is 0 Å². The summed E-state index contributed by atoms with van der Waals surface area (Å²) >= 11 is 3.29. The van der Waals surface area contributed by atoms with E-state index in [0.29, 0.717) is 12.3 Å². The van der Waals surface area contributed by atoms with E-state index in [-0.39, 0.29) is 17.6 Å². The van der Waals surface area contributed by atoms with E-state index in [1.807, 2.05) is 6.92 Å². The zero-order valence-corrected chi connectivity index (χ0v) is 11.0. The van der Waals surface area contributed by atoms with Gasteiger partial charge < -0.3 is 15.2 Å². The third-order valence-electron chi connectivity index (χ3n) is 2.86. The van der Waals surface area contributed by atoms with Crippen molar-refractivity contribution in [2.24, 2.45) is 5.92 Å². The number of phenols is 1.